The van der Waals surface area contributed by atoms with Crippen LogP contribution in [0.1, 0.15) is 45.1 Å². The number of carbonyl (C=O) groups excluding carboxylic acids is 1. The Hall–Kier alpha value is -1.55. The van der Waals surface area contributed by atoms with Gasteiger partial charge >= 0.3 is 0 Å². The Balaban J connectivity index is 1.88. The van der Waals surface area contributed by atoms with E-state index in [0.29, 0.717) is 6.04 Å². The van der Waals surface area contributed by atoms with Crippen LogP contribution in [0.15, 0.2) is 24.3 Å². The normalized spacial score (nSPS) is 18.2. The van der Waals surface area contributed by atoms with E-state index in [2.05, 4.69) is 5.32 Å². The van der Waals surface area contributed by atoms with Gasteiger partial charge in [0.15, 0.2) is 6.10 Å². The molecule has 1 aliphatic carbocycles. The minimum absolute atomic E-state index is 0.0282. The Labute approximate surface area is 127 Å². The first kappa shape index (κ1) is 15.8. The van der Waals surface area contributed by atoms with Crippen LogP contribution in [0, 0.1) is 0 Å². The Kier molecular flexibility index (Phi) is 5.62. The number of rotatable bonds is 6. The van der Waals surface area contributed by atoms with E-state index in [4.69, 9.17) is 10.5 Å². The SMILES string of the molecule is CC(N)Cc1cccc(OC(C)C(=O)NC2CCCC2)c1. The van der Waals surface area contributed by atoms with Crippen molar-refractivity contribution >= 4 is 5.91 Å². The summed E-state index contributed by atoms with van der Waals surface area (Å²) in [5.74, 6) is 0.696. The van der Waals surface area contributed by atoms with E-state index in [1.165, 1.54) is 12.8 Å². The molecule has 0 aliphatic heterocycles. The Morgan fingerprint density at radius 1 is 1.38 bits per heavy atom. The number of ether oxygens (including phenoxy) is 1. The molecule has 1 aromatic carbocycles. The highest BCUT2D eigenvalue weighted by molar-refractivity contribution is 5.81. The van der Waals surface area contributed by atoms with E-state index >= 15 is 0 Å². The molecular weight excluding hydrogens is 264 g/mol. The second-order valence-corrected chi connectivity index (χ2v) is 6.08. The summed E-state index contributed by atoms with van der Waals surface area (Å²) in [6.07, 6.45) is 4.92. The number of nitrogens with one attached hydrogen (secondary N) is 1. The van der Waals surface area contributed by atoms with Gasteiger partial charge in [0.25, 0.3) is 5.91 Å². The number of carbonyl (C=O) groups is 1. The number of amides is 1. The maximum Gasteiger partial charge on any atom is 0.260 e. The molecule has 2 unspecified atom stereocenters. The van der Waals surface area contributed by atoms with E-state index in [1.54, 1.807) is 6.92 Å². The smallest absolute Gasteiger partial charge is 0.260 e. The fourth-order valence-corrected chi connectivity index (χ4v) is 2.76. The molecule has 4 heteroatoms. The zero-order valence-corrected chi connectivity index (χ0v) is 13.0. The number of hydrogen-bond acceptors (Lipinski definition) is 3. The summed E-state index contributed by atoms with van der Waals surface area (Å²) in [6.45, 7) is 3.77. The van der Waals surface area contributed by atoms with Crippen molar-refractivity contribution in [3.8, 4) is 5.75 Å². The first-order chi connectivity index (χ1) is 10.0. The average molecular weight is 290 g/mol. The van der Waals surface area contributed by atoms with Gasteiger partial charge < -0.3 is 15.8 Å². The van der Waals surface area contributed by atoms with Crippen molar-refractivity contribution in [2.45, 2.75) is 64.1 Å². The maximum atomic E-state index is 12.1. The van der Waals surface area contributed by atoms with Crippen molar-refractivity contribution in [1.82, 2.24) is 5.32 Å². The van der Waals surface area contributed by atoms with Crippen molar-refractivity contribution < 1.29 is 9.53 Å². The zero-order chi connectivity index (χ0) is 15.2. The summed E-state index contributed by atoms with van der Waals surface area (Å²) in [6, 6.07) is 8.25. The highest BCUT2D eigenvalue weighted by atomic mass is 16.5. The van der Waals surface area contributed by atoms with E-state index in [9.17, 15) is 4.79 Å². The van der Waals surface area contributed by atoms with Gasteiger partial charge in [-0.2, -0.15) is 0 Å². The molecule has 0 saturated heterocycles. The predicted octanol–water partition coefficient (Wildman–Crippen LogP) is 2.40. The first-order valence-corrected chi connectivity index (χ1v) is 7.86. The van der Waals surface area contributed by atoms with Gasteiger partial charge in [-0.05, 0) is 50.8 Å². The summed E-state index contributed by atoms with van der Waals surface area (Å²) in [5.41, 5.74) is 6.94. The number of benzene rings is 1. The quantitative estimate of drug-likeness (QED) is 0.845. The molecule has 0 heterocycles. The van der Waals surface area contributed by atoms with Crippen molar-refractivity contribution in [3.63, 3.8) is 0 Å². The van der Waals surface area contributed by atoms with Crippen LogP contribution in [0.4, 0.5) is 0 Å². The Bertz CT molecular complexity index is 468. The zero-order valence-electron chi connectivity index (χ0n) is 13.0. The third-order valence-corrected chi connectivity index (χ3v) is 3.84. The van der Waals surface area contributed by atoms with Crippen molar-refractivity contribution in [1.29, 1.82) is 0 Å². The fourth-order valence-electron chi connectivity index (χ4n) is 2.76. The molecule has 2 rings (SSSR count). The molecule has 0 bridgehead atoms. The lowest BCUT2D eigenvalue weighted by Crippen LogP contribution is -2.41. The monoisotopic (exact) mass is 290 g/mol. The summed E-state index contributed by atoms with van der Waals surface area (Å²) < 4.78 is 5.76. The van der Waals surface area contributed by atoms with Crippen molar-refractivity contribution in [2.24, 2.45) is 5.73 Å². The molecule has 0 spiro atoms. The Morgan fingerprint density at radius 2 is 2.10 bits per heavy atom. The minimum atomic E-state index is -0.476. The standard InChI is InChI=1S/C17H26N2O2/c1-12(18)10-14-6-5-9-16(11-14)21-13(2)17(20)19-15-7-3-4-8-15/h5-6,9,11-13,15H,3-4,7-8,10,18H2,1-2H3,(H,19,20). The van der Waals surface area contributed by atoms with E-state index in [1.807, 2.05) is 31.2 Å². The average Bonchev–Trinajstić information content (AvgIpc) is 2.91. The summed E-state index contributed by atoms with van der Waals surface area (Å²) in [5, 5.41) is 3.06. The lowest BCUT2D eigenvalue weighted by molar-refractivity contribution is -0.127. The molecule has 116 valence electrons. The molecule has 0 aromatic heterocycles. The van der Waals surface area contributed by atoms with Crippen LogP contribution in [0.3, 0.4) is 0 Å². The van der Waals surface area contributed by atoms with Gasteiger partial charge in [0, 0.05) is 12.1 Å². The van der Waals surface area contributed by atoms with Crippen LogP contribution in [-0.4, -0.2) is 24.1 Å². The van der Waals surface area contributed by atoms with E-state index in [0.717, 1.165) is 30.6 Å². The van der Waals surface area contributed by atoms with Gasteiger partial charge in [-0.25, -0.2) is 0 Å². The summed E-state index contributed by atoms with van der Waals surface area (Å²) in [4.78, 5) is 12.1. The molecule has 1 aromatic rings. The highest BCUT2D eigenvalue weighted by Gasteiger charge is 2.21. The van der Waals surface area contributed by atoms with Crippen molar-refractivity contribution in [3.05, 3.63) is 29.8 Å². The second kappa shape index (κ2) is 7.46. The van der Waals surface area contributed by atoms with Crippen LogP contribution in [-0.2, 0) is 11.2 Å². The largest absolute Gasteiger partial charge is 0.481 e. The van der Waals surface area contributed by atoms with Crippen molar-refractivity contribution in [2.75, 3.05) is 0 Å². The van der Waals surface area contributed by atoms with Gasteiger partial charge in [0.05, 0.1) is 0 Å². The lowest BCUT2D eigenvalue weighted by Gasteiger charge is -2.18. The van der Waals surface area contributed by atoms with Gasteiger partial charge in [-0.1, -0.05) is 25.0 Å². The van der Waals surface area contributed by atoms with Gasteiger partial charge in [-0.3, -0.25) is 4.79 Å². The molecule has 3 N–H and O–H groups in total. The molecule has 0 radical (unpaired) electrons. The third kappa shape index (κ3) is 5.05. The topological polar surface area (TPSA) is 64.3 Å². The van der Waals surface area contributed by atoms with Gasteiger partial charge in [0.1, 0.15) is 5.75 Å². The van der Waals surface area contributed by atoms with Crippen LogP contribution >= 0.6 is 0 Å². The molecule has 1 fully saturated rings. The van der Waals surface area contributed by atoms with Crippen LogP contribution in [0.25, 0.3) is 0 Å². The van der Waals surface area contributed by atoms with Crippen LogP contribution in [0.2, 0.25) is 0 Å². The second-order valence-electron chi connectivity index (χ2n) is 6.08. The fraction of sp³-hybridized carbons (Fsp3) is 0.588. The first-order valence-electron chi connectivity index (χ1n) is 7.86. The van der Waals surface area contributed by atoms with Gasteiger partial charge in [-0.15, -0.1) is 0 Å². The third-order valence-electron chi connectivity index (χ3n) is 3.84. The summed E-state index contributed by atoms with van der Waals surface area (Å²) >= 11 is 0. The Morgan fingerprint density at radius 3 is 2.76 bits per heavy atom. The molecule has 2 atom stereocenters. The van der Waals surface area contributed by atoms with Crippen LogP contribution < -0.4 is 15.8 Å². The van der Waals surface area contributed by atoms with Gasteiger partial charge in [0.2, 0.25) is 0 Å². The maximum absolute atomic E-state index is 12.1. The molecule has 1 amide bonds. The molecular formula is C17H26N2O2. The lowest BCUT2D eigenvalue weighted by atomic mass is 10.1. The molecule has 1 aliphatic rings. The molecule has 4 nitrogen and oxygen atoms in total. The molecule has 1 saturated carbocycles. The van der Waals surface area contributed by atoms with E-state index < -0.39 is 6.10 Å². The number of nitrogens with two attached hydrogens (primary N) is 1. The minimum Gasteiger partial charge on any atom is -0.481 e. The highest BCUT2D eigenvalue weighted by Crippen LogP contribution is 2.19. The van der Waals surface area contributed by atoms with E-state index in [-0.39, 0.29) is 11.9 Å². The van der Waals surface area contributed by atoms with Crippen LogP contribution in [0.5, 0.6) is 5.75 Å². The number of hydrogen-bond donors (Lipinski definition) is 2. The summed E-state index contributed by atoms with van der Waals surface area (Å²) in [7, 11) is 0. The molecule has 21 heavy (non-hydrogen) atoms. The predicted molar refractivity (Wildman–Crippen MR) is 84.3 cm³/mol.